The predicted octanol–water partition coefficient (Wildman–Crippen LogP) is 1.61. The molecule has 0 atom stereocenters. The molecule has 0 radical (unpaired) electrons. The third kappa shape index (κ3) is 2.69. The molecule has 0 saturated carbocycles. The molecule has 94 valence electrons. The number of ether oxygens (including phenoxy) is 2. The molecule has 1 rings (SSSR count). The van der Waals surface area contributed by atoms with Crippen LogP contribution >= 0.6 is 0 Å². The number of nitrogens with zero attached hydrogens (tertiary/aromatic N) is 2. The van der Waals surface area contributed by atoms with E-state index in [1.807, 2.05) is 0 Å². The first-order chi connectivity index (χ1) is 7.94. The number of carbonyl (C=O) groups excluding carboxylic acids is 2. The molecule has 0 fully saturated rings. The number of hydrogen-bond donors (Lipinski definition) is 0. The van der Waals surface area contributed by atoms with Gasteiger partial charge in [0.05, 0.1) is 13.2 Å². The Morgan fingerprint density at radius 3 is 2.18 bits per heavy atom. The highest BCUT2D eigenvalue weighted by atomic mass is 16.5. The lowest BCUT2D eigenvalue weighted by Crippen LogP contribution is -2.27. The lowest BCUT2D eigenvalue weighted by atomic mass is 9.94. The summed E-state index contributed by atoms with van der Waals surface area (Å²) >= 11 is 0. The van der Waals surface area contributed by atoms with Crippen LogP contribution in [0.25, 0.3) is 0 Å². The largest absolute Gasteiger partial charge is 0.462 e. The number of azo groups is 1. The van der Waals surface area contributed by atoms with Crippen LogP contribution < -0.4 is 0 Å². The number of carbonyl (C=O) groups is 2. The van der Waals surface area contributed by atoms with Gasteiger partial charge in [-0.05, 0) is 27.7 Å². The van der Waals surface area contributed by atoms with Gasteiger partial charge in [-0.1, -0.05) is 0 Å². The van der Waals surface area contributed by atoms with E-state index in [1.54, 1.807) is 27.7 Å². The quantitative estimate of drug-likeness (QED) is 0.699. The third-order valence-electron chi connectivity index (χ3n) is 2.20. The van der Waals surface area contributed by atoms with Crippen LogP contribution in [0.2, 0.25) is 0 Å². The minimum atomic E-state index is -0.853. The smallest absolute Gasteiger partial charge is 0.359 e. The Kier molecular flexibility index (Phi) is 3.98. The molecule has 1 heterocycles. The second-order valence-corrected chi connectivity index (χ2v) is 3.92. The highest BCUT2D eigenvalue weighted by molar-refractivity contribution is 6.02. The SMILES string of the molecule is CCOC(=O)C1=C(C(=O)OCC)C(C)(C)N=N1. The van der Waals surface area contributed by atoms with Gasteiger partial charge < -0.3 is 9.47 Å². The number of esters is 2. The lowest BCUT2D eigenvalue weighted by Gasteiger charge is -2.16. The van der Waals surface area contributed by atoms with Crippen LogP contribution in [0.4, 0.5) is 0 Å². The van der Waals surface area contributed by atoms with E-state index < -0.39 is 17.5 Å². The van der Waals surface area contributed by atoms with E-state index in [9.17, 15) is 9.59 Å². The maximum atomic E-state index is 11.8. The fourth-order valence-corrected chi connectivity index (χ4v) is 1.46. The molecule has 0 N–H and O–H groups in total. The van der Waals surface area contributed by atoms with Gasteiger partial charge in [-0.2, -0.15) is 5.11 Å². The van der Waals surface area contributed by atoms with Gasteiger partial charge in [0.25, 0.3) is 0 Å². The van der Waals surface area contributed by atoms with E-state index in [0.717, 1.165) is 0 Å². The lowest BCUT2D eigenvalue weighted by molar-refractivity contribution is -0.142. The van der Waals surface area contributed by atoms with Crippen molar-refractivity contribution in [3.05, 3.63) is 11.3 Å². The summed E-state index contributed by atoms with van der Waals surface area (Å²) in [7, 11) is 0. The van der Waals surface area contributed by atoms with E-state index in [1.165, 1.54) is 0 Å². The van der Waals surface area contributed by atoms with Crippen LogP contribution in [-0.2, 0) is 19.1 Å². The maximum Gasteiger partial charge on any atom is 0.359 e. The van der Waals surface area contributed by atoms with Gasteiger partial charge in [0.2, 0.25) is 0 Å². The molecule has 17 heavy (non-hydrogen) atoms. The van der Waals surface area contributed by atoms with Crippen molar-refractivity contribution in [1.82, 2.24) is 0 Å². The molecule has 0 saturated heterocycles. The standard InChI is InChI=1S/C11H16N2O4/c1-5-16-9(14)7-8(10(15)17-6-2)12-13-11(7,3)4/h5-6H2,1-4H3. The highest BCUT2D eigenvalue weighted by Crippen LogP contribution is 2.33. The monoisotopic (exact) mass is 240 g/mol. The first-order valence-electron chi connectivity index (χ1n) is 5.46. The molecule has 0 amide bonds. The summed E-state index contributed by atoms with van der Waals surface area (Å²) in [6, 6.07) is 0. The highest BCUT2D eigenvalue weighted by Gasteiger charge is 2.40. The molecular weight excluding hydrogens is 224 g/mol. The van der Waals surface area contributed by atoms with Crippen molar-refractivity contribution in [3.8, 4) is 0 Å². The van der Waals surface area contributed by atoms with Crippen molar-refractivity contribution in [2.75, 3.05) is 13.2 Å². The normalized spacial score (nSPS) is 17.2. The fourth-order valence-electron chi connectivity index (χ4n) is 1.46. The zero-order valence-electron chi connectivity index (χ0n) is 10.4. The van der Waals surface area contributed by atoms with E-state index in [0.29, 0.717) is 0 Å². The minimum Gasteiger partial charge on any atom is -0.462 e. The molecule has 6 nitrogen and oxygen atoms in total. The second-order valence-electron chi connectivity index (χ2n) is 3.92. The van der Waals surface area contributed by atoms with Crippen molar-refractivity contribution in [2.45, 2.75) is 33.2 Å². The molecular formula is C11H16N2O4. The Bertz CT molecular complexity index is 396. The molecule has 0 spiro atoms. The van der Waals surface area contributed by atoms with Crippen LogP contribution in [0, 0.1) is 0 Å². The van der Waals surface area contributed by atoms with Crippen molar-refractivity contribution >= 4 is 11.9 Å². The Hall–Kier alpha value is -1.72. The summed E-state index contributed by atoms with van der Waals surface area (Å²) < 4.78 is 9.71. The van der Waals surface area contributed by atoms with Gasteiger partial charge >= 0.3 is 11.9 Å². The summed E-state index contributed by atoms with van der Waals surface area (Å²) in [6.45, 7) is 7.20. The minimum absolute atomic E-state index is 0.0599. The predicted molar refractivity (Wildman–Crippen MR) is 59.2 cm³/mol. The average molecular weight is 240 g/mol. The van der Waals surface area contributed by atoms with Gasteiger partial charge in [0, 0.05) is 0 Å². The van der Waals surface area contributed by atoms with Crippen LogP contribution in [-0.4, -0.2) is 30.7 Å². The van der Waals surface area contributed by atoms with Crippen LogP contribution in [0.5, 0.6) is 0 Å². The fraction of sp³-hybridized carbons (Fsp3) is 0.636. The molecule has 0 aromatic heterocycles. The van der Waals surface area contributed by atoms with E-state index in [-0.39, 0.29) is 24.5 Å². The van der Waals surface area contributed by atoms with E-state index >= 15 is 0 Å². The van der Waals surface area contributed by atoms with Crippen LogP contribution in [0.15, 0.2) is 21.5 Å². The average Bonchev–Trinajstić information content (AvgIpc) is 2.55. The molecule has 1 aliphatic heterocycles. The van der Waals surface area contributed by atoms with Crippen molar-refractivity contribution in [2.24, 2.45) is 10.2 Å². The number of hydrogen-bond acceptors (Lipinski definition) is 6. The summed E-state index contributed by atoms with van der Waals surface area (Å²) in [6.07, 6.45) is 0. The van der Waals surface area contributed by atoms with Crippen molar-refractivity contribution < 1.29 is 19.1 Å². The zero-order chi connectivity index (χ0) is 13.1. The number of rotatable bonds is 4. The molecule has 6 heteroatoms. The van der Waals surface area contributed by atoms with Gasteiger partial charge in [-0.3, -0.25) is 0 Å². The Balaban J connectivity index is 3.10. The van der Waals surface area contributed by atoms with Gasteiger partial charge in [0.15, 0.2) is 5.70 Å². The molecule has 0 bridgehead atoms. The molecule has 0 aliphatic carbocycles. The van der Waals surface area contributed by atoms with Gasteiger partial charge in [-0.15, -0.1) is 5.11 Å². The molecule has 0 unspecified atom stereocenters. The van der Waals surface area contributed by atoms with Crippen molar-refractivity contribution in [1.29, 1.82) is 0 Å². The van der Waals surface area contributed by atoms with Gasteiger partial charge in [-0.25, -0.2) is 9.59 Å². The molecule has 0 aromatic rings. The first kappa shape index (κ1) is 13.3. The van der Waals surface area contributed by atoms with Crippen LogP contribution in [0.1, 0.15) is 27.7 Å². The molecule has 1 aliphatic rings. The first-order valence-corrected chi connectivity index (χ1v) is 5.46. The van der Waals surface area contributed by atoms with E-state index in [4.69, 9.17) is 9.47 Å². The Morgan fingerprint density at radius 2 is 1.65 bits per heavy atom. The van der Waals surface area contributed by atoms with E-state index in [2.05, 4.69) is 10.2 Å². The maximum absolute atomic E-state index is 11.8. The summed E-state index contributed by atoms with van der Waals surface area (Å²) in [5.41, 5.74) is -0.762. The summed E-state index contributed by atoms with van der Waals surface area (Å²) in [4.78, 5) is 23.4. The Labute approximate surface area is 99.7 Å². The Morgan fingerprint density at radius 1 is 1.12 bits per heavy atom. The van der Waals surface area contributed by atoms with Crippen LogP contribution in [0.3, 0.4) is 0 Å². The van der Waals surface area contributed by atoms with Crippen molar-refractivity contribution in [3.63, 3.8) is 0 Å². The molecule has 0 aromatic carbocycles. The second kappa shape index (κ2) is 5.07. The third-order valence-corrected chi connectivity index (χ3v) is 2.20. The zero-order valence-corrected chi connectivity index (χ0v) is 10.4. The summed E-state index contributed by atoms with van der Waals surface area (Å²) in [5, 5.41) is 7.61. The van der Waals surface area contributed by atoms with Gasteiger partial charge in [0.1, 0.15) is 11.1 Å². The summed E-state index contributed by atoms with van der Waals surface area (Å²) in [5.74, 6) is -1.23. The topological polar surface area (TPSA) is 77.3 Å².